The molecular formula is C30H60N2O. The number of amides is 1. The molecule has 3 heteroatoms. The van der Waals surface area contributed by atoms with Crippen molar-refractivity contribution < 1.29 is 4.79 Å². The molecule has 0 spiro atoms. The van der Waals surface area contributed by atoms with E-state index in [0.29, 0.717) is 11.9 Å². The largest absolute Gasteiger partial charge is 0.352 e. The van der Waals surface area contributed by atoms with Crippen LogP contribution in [0.2, 0.25) is 0 Å². The predicted molar refractivity (Wildman–Crippen MR) is 146 cm³/mol. The lowest BCUT2D eigenvalue weighted by molar-refractivity contribution is -0.122. The van der Waals surface area contributed by atoms with Crippen molar-refractivity contribution in [3.8, 4) is 0 Å². The summed E-state index contributed by atoms with van der Waals surface area (Å²) in [5, 5.41) is 3.41. The van der Waals surface area contributed by atoms with Crippen LogP contribution in [-0.2, 0) is 4.79 Å². The highest BCUT2D eigenvalue weighted by Gasteiger charge is 2.18. The minimum Gasteiger partial charge on any atom is -0.352 e. The van der Waals surface area contributed by atoms with E-state index in [-0.39, 0.29) is 0 Å². The number of rotatable bonds is 24. The van der Waals surface area contributed by atoms with Gasteiger partial charge in [0.15, 0.2) is 0 Å². The highest BCUT2D eigenvalue weighted by molar-refractivity contribution is 5.76. The van der Waals surface area contributed by atoms with Crippen LogP contribution in [0.15, 0.2) is 0 Å². The summed E-state index contributed by atoms with van der Waals surface area (Å²) in [5.41, 5.74) is 0. The molecule has 1 N–H and O–H groups in total. The third kappa shape index (κ3) is 19.4. The minimum absolute atomic E-state index is 0.299. The first-order valence-corrected chi connectivity index (χ1v) is 15.3. The van der Waals surface area contributed by atoms with Crippen molar-refractivity contribution in [2.75, 3.05) is 19.6 Å². The van der Waals surface area contributed by atoms with E-state index in [1.54, 1.807) is 0 Å². The average molecular weight is 465 g/mol. The summed E-state index contributed by atoms with van der Waals surface area (Å²) in [4.78, 5) is 15.1. The summed E-state index contributed by atoms with van der Waals surface area (Å²) >= 11 is 0. The topological polar surface area (TPSA) is 32.3 Å². The van der Waals surface area contributed by atoms with Gasteiger partial charge in [-0.3, -0.25) is 4.79 Å². The van der Waals surface area contributed by atoms with E-state index in [1.807, 2.05) is 0 Å². The van der Waals surface area contributed by atoms with Crippen LogP contribution in [0.1, 0.15) is 162 Å². The summed E-state index contributed by atoms with van der Waals surface area (Å²) in [6.07, 6.45) is 30.2. The third-order valence-electron chi connectivity index (χ3n) is 7.46. The van der Waals surface area contributed by atoms with Crippen LogP contribution < -0.4 is 5.32 Å². The van der Waals surface area contributed by atoms with Crippen molar-refractivity contribution in [1.29, 1.82) is 0 Å². The van der Waals surface area contributed by atoms with Gasteiger partial charge in [-0.2, -0.15) is 0 Å². The first kappa shape index (κ1) is 30.5. The highest BCUT2D eigenvalue weighted by atomic mass is 16.1. The van der Waals surface area contributed by atoms with E-state index in [1.165, 1.54) is 142 Å². The summed E-state index contributed by atoms with van der Waals surface area (Å²) in [6, 6.07) is 0.365. The molecule has 0 bridgehead atoms. The molecule has 0 aromatic carbocycles. The highest BCUT2D eigenvalue weighted by Crippen LogP contribution is 2.15. The maximum absolute atomic E-state index is 12.6. The molecule has 0 radical (unpaired) electrons. The van der Waals surface area contributed by atoms with Crippen LogP contribution in [0.5, 0.6) is 0 Å². The molecule has 196 valence electrons. The Morgan fingerprint density at radius 2 is 1.06 bits per heavy atom. The molecule has 1 heterocycles. The minimum atomic E-state index is 0.299. The maximum Gasteiger partial charge on any atom is 0.220 e. The standard InChI is InChI=1S/C30H60N2O/c1-3-5-7-9-11-12-13-14-15-16-17-19-21-25-30(33)31-29(28-32-26-22-23-27-32)24-20-18-10-8-6-4-2/h29H,3-28H2,1-2H3,(H,31,33)/t29-/m0/s1. The van der Waals surface area contributed by atoms with Crippen LogP contribution >= 0.6 is 0 Å². The van der Waals surface area contributed by atoms with Crippen LogP contribution in [0.4, 0.5) is 0 Å². The number of nitrogens with zero attached hydrogens (tertiary/aromatic N) is 1. The van der Waals surface area contributed by atoms with Gasteiger partial charge in [0.1, 0.15) is 0 Å². The van der Waals surface area contributed by atoms with Crippen molar-refractivity contribution in [2.24, 2.45) is 0 Å². The van der Waals surface area contributed by atoms with E-state index in [4.69, 9.17) is 0 Å². The van der Waals surface area contributed by atoms with E-state index < -0.39 is 0 Å². The van der Waals surface area contributed by atoms with Crippen molar-refractivity contribution in [3.05, 3.63) is 0 Å². The van der Waals surface area contributed by atoms with Gasteiger partial charge in [-0.1, -0.05) is 129 Å². The molecule has 0 unspecified atom stereocenters. The number of carbonyl (C=O) groups is 1. The second-order valence-electron chi connectivity index (χ2n) is 10.8. The molecule has 3 nitrogen and oxygen atoms in total. The van der Waals surface area contributed by atoms with E-state index in [9.17, 15) is 4.79 Å². The zero-order chi connectivity index (χ0) is 23.8. The van der Waals surface area contributed by atoms with Gasteiger partial charge in [-0.25, -0.2) is 0 Å². The van der Waals surface area contributed by atoms with E-state index in [2.05, 4.69) is 24.1 Å². The zero-order valence-electron chi connectivity index (χ0n) is 22.8. The van der Waals surface area contributed by atoms with Gasteiger partial charge in [0.2, 0.25) is 5.91 Å². The smallest absolute Gasteiger partial charge is 0.220 e. The van der Waals surface area contributed by atoms with Gasteiger partial charge in [-0.15, -0.1) is 0 Å². The fourth-order valence-corrected chi connectivity index (χ4v) is 5.26. The first-order chi connectivity index (χ1) is 16.3. The first-order valence-electron chi connectivity index (χ1n) is 15.3. The molecular weight excluding hydrogens is 404 g/mol. The van der Waals surface area contributed by atoms with Crippen LogP contribution in [-0.4, -0.2) is 36.5 Å². The van der Waals surface area contributed by atoms with Gasteiger partial charge < -0.3 is 10.2 Å². The Morgan fingerprint density at radius 1 is 0.636 bits per heavy atom. The van der Waals surface area contributed by atoms with Gasteiger partial charge in [0.25, 0.3) is 0 Å². The van der Waals surface area contributed by atoms with Crippen LogP contribution in [0.25, 0.3) is 0 Å². The van der Waals surface area contributed by atoms with E-state index >= 15 is 0 Å². The zero-order valence-corrected chi connectivity index (χ0v) is 22.8. The Labute approximate surface area is 208 Å². The molecule has 1 fully saturated rings. The fourth-order valence-electron chi connectivity index (χ4n) is 5.26. The SMILES string of the molecule is CCCCCCCCCCCCCCCC(=O)N[C@@H](CCCCCCCC)CN1CCCC1. The van der Waals surface area contributed by atoms with Crippen molar-refractivity contribution >= 4 is 5.91 Å². The number of hydrogen-bond acceptors (Lipinski definition) is 2. The quantitative estimate of drug-likeness (QED) is 0.145. The summed E-state index contributed by atoms with van der Waals surface area (Å²) in [7, 11) is 0. The van der Waals surface area contributed by atoms with E-state index in [0.717, 1.165) is 25.8 Å². The summed E-state index contributed by atoms with van der Waals surface area (Å²) in [6.45, 7) is 8.08. The lowest BCUT2D eigenvalue weighted by atomic mass is 10.0. The van der Waals surface area contributed by atoms with Crippen molar-refractivity contribution in [3.63, 3.8) is 0 Å². The molecule has 1 aliphatic heterocycles. The second kappa shape index (κ2) is 23.2. The number of nitrogens with one attached hydrogen (secondary N) is 1. The Bertz CT molecular complexity index is 420. The number of carbonyl (C=O) groups excluding carboxylic acids is 1. The lowest BCUT2D eigenvalue weighted by Gasteiger charge is -2.24. The normalized spacial score (nSPS) is 15.2. The van der Waals surface area contributed by atoms with Gasteiger partial charge in [0, 0.05) is 19.0 Å². The molecule has 1 aliphatic rings. The van der Waals surface area contributed by atoms with Gasteiger partial charge in [0.05, 0.1) is 0 Å². The molecule has 0 saturated carbocycles. The van der Waals surface area contributed by atoms with Crippen LogP contribution in [0.3, 0.4) is 0 Å². The van der Waals surface area contributed by atoms with Gasteiger partial charge >= 0.3 is 0 Å². The number of unbranched alkanes of at least 4 members (excludes halogenated alkanes) is 17. The summed E-state index contributed by atoms with van der Waals surface area (Å²) < 4.78 is 0. The molecule has 1 saturated heterocycles. The molecule has 0 aromatic heterocycles. The fraction of sp³-hybridized carbons (Fsp3) is 0.967. The molecule has 0 aliphatic carbocycles. The molecule has 1 amide bonds. The predicted octanol–water partition coefficient (Wildman–Crippen LogP) is 8.80. The number of likely N-dealkylation sites (tertiary alicyclic amines) is 1. The Kier molecular flexibility index (Phi) is 21.4. The van der Waals surface area contributed by atoms with Crippen molar-refractivity contribution in [1.82, 2.24) is 10.2 Å². The van der Waals surface area contributed by atoms with Crippen molar-refractivity contribution in [2.45, 2.75) is 168 Å². The summed E-state index contributed by atoms with van der Waals surface area (Å²) in [5.74, 6) is 0.299. The third-order valence-corrected chi connectivity index (χ3v) is 7.46. The number of hydrogen-bond donors (Lipinski definition) is 1. The molecule has 33 heavy (non-hydrogen) atoms. The Balaban J connectivity index is 2.03. The lowest BCUT2D eigenvalue weighted by Crippen LogP contribution is -2.43. The second-order valence-corrected chi connectivity index (χ2v) is 10.8. The molecule has 1 rings (SSSR count). The molecule has 1 atom stereocenters. The van der Waals surface area contributed by atoms with Gasteiger partial charge in [-0.05, 0) is 38.8 Å². The average Bonchev–Trinajstić information content (AvgIpc) is 3.32. The maximum atomic E-state index is 12.6. The monoisotopic (exact) mass is 464 g/mol. The molecule has 0 aromatic rings. The Hall–Kier alpha value is -0.570. The Morgan fingerprint density at radius 3 is 1.55 bits per heavy atom. The van der Waals surface area contributed by atoms with Crippen LogP contribution in [0, 0.1) is 0 Å².